The number of nitrogens with one attached hydrogen (secondary N) is 6. The Labute approximate surface area is 508 Å². The number of unbranched alkanes of at least 4 members (excludes halogenated alkanes) is 14. The van der Waals surface area contributed by atoms with Crippen LogP contribution in [0, 0.1) is 5.92 Å². The van der Waals surface area contributed by atoms with Gasteiger partial charge < -0.3 is 60.3 Å². The van der Waals surface area contributed by atoms with Gasteiger partial charge in [-0.15, -0.1) is 10.2 Å². The van der Waals surface area contributed by atoms with Gasteiger partial charge in [-0.3, -0.25) is 38.3 Å². The number of rotatable bonds is 56. The van der Waals surface area contributed by atoms with Crippen LogP contribution in [-0.2, 0) is 83.3 Å². The summed E-state index contributed by atoms with van der Waals surface area (Å²) in [5, 5.41) is 52.0. The summed E-state index contributed by atoms with van der Waals surface area (Å²) in [6, 6.07) is -2.24. The first-order valence-electron chi connectivity index (χ1n) is 29.6. The van der Waals surface area contributed by atoms with E-state index < -0.39 is 75.9 Å². The number of ketones is 2. The molecule has 0 aliphatic carbocycles. The van der Waals surface area contributed by atoms with Crippen LogP contribution >= 0.6 is 15.9 Å². The number of carbonyl (C=O) groups is 10. The molecule has 5 amide bonds. The van der Waals surface area contributed by atoms with E-state index in [2.05, 4.69) is 69.5 Å². The average molecular weight is 1300 g/mol. The topological polar surface area (TPSA) is 417 Å². The number of hydrogen-bond donors (Lipinski definition) is 9. The van der Waals surface area contributed by atoms with Crippen molar-refractivity contribution in [3.63, 3.8) is 0 Å². The van der Waals surface area contributed by atoms with Gasteiger partial charge in [-0.2, -0.15) is 5.21 Å². The van der Waals surface area contributed by atoms with Gasteiger partial charge in [0, 0.05) is 58.2 Å². The van der Waals surface area contributed by atoms with Crippen LogP contribution in [-0.4, -0.2) is 192 Å². The molecule has 1 unspecified atom stereocenters. The molecule has 0 radical (unpaired) electrons. The summed E-state index contributed by atoms with van der Waals surface area (Å²) in [6.45, 7) is 4.98. The zero-order valence-corrected chi connectivity index (χ0v) is 52.2. The Morgan fingerprint density at radius 1 is 0.541 bits per heavy atom. The third kappa shape index (κ3) is 50.3. The van der Waals surface area contributed by atoms with Crippen LogP contribution in [0.3, 0.4) is 0 Å². The minimum Gasteiger partial charge on any atom is -0.481 e. The third-order valence-corrected chi connectivity index (χ3v) is 14.6. The SMILES string of the molecule is CC(=O)CCC(NC(=O)CC[C@H](CC(=O)COCCOCCNC(=O)CCCS(=O)(=O)NC(=O)CCCCCCCCCCCCCCCc1nn[nH]n1)C(=O)O)C(=O)O.CCCCOCCOCC(=O)N[C@@H](CCCCNC(=O)CBr)C(=O)O. The summed E-state index contributed by atoms with van der Waals surface area (Å²) in [4.78, 5) is 117. The van der Waals surface area contributed by atoms with Gasteiger partial charge in [0.05, 0.1) is 50.0 Å². The molecule has 1 aromatic rings. The van der Waals surface area contributed by atoms with Crippen molar-refractivity contribution in [3.8, 4) is 0 Å². The second-order valence-corrected chi connectivity index (χ2v) is 22.8. The average Bonchev–Trinajstić information content (AvgIpc) is 4.11. The number of aromatic amines is 1. The molecule has 28 nitrogen and oxygen atoms in total. The van der Waals surface area contributed by atoms with Crippen molar-refractivity contribution in [3.05, 3.63) is 5.82 Å². The van der Waals surface area contributed by atoms with E-state index in [0.29, 0.717) is 52.0 Å². The number of aromatic nitrogens is 4. The quantitative estimate of drug-likeness (QED) is 0.0328. The van der Waals surface area contributed by atoms with Crippen LogP contribution < -0.4 is 26.0 Å². The van der Waals surface area contributed by atoms with Crippen molar-refractivity contribution in [2.24, 2.45) is 5.92 Å². The molecule has 0 saturated carbocycles. The molecule has 0 fully saturated rings. The van der Waals surface area contributed by atoms with Crippen molar-refractivity contribution in [2.75, 3.05) is 77.0 Å². The van der Waals surface area contributed by atoms with Crippen LogP contribution in [0.15, 0.2) is 0 Å². The van der Waals surface area contributed by atoms with Gasteiger partial charge in [0.25, 0.3) is 0 Å². The van der Waals surface area contributed by atoms with E-state index in [9.17, 15) is 66.6 Å². The molecule has 1 aromatic heterocycles. The van der Waals surface area contributed by atoms with Gasteiger partial charge >= 0.3 is 17.9 Å². The molecular formula is C55H96BrN9O19S. The first kappa shape index (κ1) is 79.4. The highest BCUT2D eigenvalue weighted by Gasteiger charge is 2.25. The monoisotopic (exact) mass is 1300 g/mol. The standard InChI is InChI=1S/C39H67N7O13S.C16H29BrN2O6/c1-30(47)19-21-33(39(54)55)41-36(50)22-20-31(38(52)53)28-32(48)29-59-26-25-58-24-23-40-35(49)18-15-27-60(56,57)44-37(51)17-14-12-10-8-6-4-2-3-5-7-9-11-13-16-34-42-45-46-43-34;1-2-3-8-24-9-10-25-12-15(21)19-13(16(22)23)6-4-5-7-18-14(20)11-17/h31,33H,2-29H2,1H3,(H,40,49)(H,41,50)(H,44,51)(H,52,53)(H,54,55)(H,42,43,45,46);13H,2-12H2,1H3,(H,18,20)(H,19,21)(H,22,23)/t31-,33?;13-/m10/s1. The van der Waals surface area contributed by atoms with Gasteiger partial charge in [-0.05, 0) is 64.7 Å². The maximum atomic E-state index is 12.3. The van der Waals surface area contributed by atoms with Crippen molar-refractivity contribution in [1.29, 1.82) is 0 Å². The fourth-order valence-electron chi connectivity index (χ4n) is 7.95. The molecule has 0 aliphatic rings. The summed E-state index contributed by atoms with van der Waals surface area (Å²) >= 11 is 3.04. The molecule has 0 aliphatic heterocycles. The number of Topliss-reactive ketones (excluding diaryl/α,β-unsaturated/α-hetero) is 2. The van der Waals surface area contributed by atoms with Crippen LogP contribution in [0.1, 0.15) is 187 Å². The van der Waals surface area contributed by atoms with Gasteiger partial charge in [-0.1, -0.05) is 105 Å². The number of hydrogen-bond acceptors (Lipinski definition) is 19. The Kier molecular flexibility index (Phi) is 49.3. The first-order valence-corrected chi connectivity index (χ1v) is 32.4. The summed E-state index contributed by atoms with van der Waals surface area (Å²) in [7, 11) is -3.85. The fraction of sp³-hybridized carbons (Fsp3) is 0.800. The maximum Gasteiger partial charge on any atom is 0.326 e. The number of carbonyl (C=O) groups excluding carboxylic acids is 7. The Balaban J connectivity index is 0.00000235. The maximum absolute atomic E-state index is 12.3. The first-order chi connectivity index (χ1) is 40.7. The number of aryl methyl sites for hydroxylation is 1. The number of halogens is 1. The number of carboxylic acids is 3. The van der Waals surface area contributed by atoms with Crippen LogP contribution in [0.2, 0.25) is 0 Å². The number of alkyl halides is 1. The molecule has 488 valence electrons. The summed E-state index contributed by atoms with van der Waals surface area (Å²) < 4.78 is 47.6. The fourth-order valence-corrected chi connectivity index (χ4v) is 9.23. The van der Waals surface area contributed by atoms with E-state index >= 15 is 0 Å². The smallest absolute Gasteiger partial charge is 0.326 e. The van der Waals surface area contributed by atoms with Gasteiger partial charge in [-0.25, -0.2) is 18.0 Å². The van der Waals surface area contributed by atoms with E-state index in [-0.39, 0.29) is 113 Å². The highest BCUT2D eigenvalue weighted by atomic mass is 79.9. The molecule has 30 heteroatoms. The molecule has 1 rings (SSSR count). The molecule has 9 N–H and O–H groups in total. The Hall–Kier alpha value is -5.56. The lowest BCUT2D eigenvalue weighted by molar-refractivity contribution is -0.145. The van der Waals surface area contributed by atoms with E-state index in [4.69, 9.17) is 24.1 Å². The van der Waals surface area contributed by atoms with E-state index in [1.807, 2.05) is 0 Å². The molecule has 1 heterocycles. The lowest BCUT2D eigenvalue weighted by Gasteiger charge is -2.15. The molecule has 0 spiro atoms. The zero-order chi connectivity index (χ0) is 63.4. The number of tetrazole rings is 1. The van der Waals surface area contributed by atoms with Gasteiger partial charge in [0.2, 0.25) is 39.6 Å². The number of H-pyrrole nitrogens is 1. The third-order valence-electron chi connectivity index (χ3n) is 12.7. The van der Waals surface area contributed by atoms with Crippen LogP contribution in [0.4, 0.5) is 0 Å². The van der Waals surface area contributed by atoms with Crippen LogP contribution in [0.25, 0.3) is 0 Å². The highest BCUT2D eigenvalue weighted by Crippen LogP contribution is 2.15. The lowest BCUT2D eigenvalue weighted by atomic mass is 9.97. The highest BCUT2D eigenvalue weighted by molar-refractivity contribution is 9.09. The number of amides is 5. The zero-order valence-electron chi connectivity index (χ0n) is 49.8. The number of ether oxygens (including phenoxy) is 4. The van der Waals surface area contributed by atoms with E-state index in [0.717, 1.165) is 57.2 Å². The molecule has 0 aromatic carbocycles. The molecule has 85 heavy (non-hydrogen) atoms. The minimum absolute atomic E-state index is 0.00800. The van der Waals surface area contributed by atoms with E-state index in [1.165, 1.54) is 51.9 Å². The van der Waals surface area contributed by atoms with Crippen molar-refractivity contribution in [1.82, 2.24) is 46.6 Å². The summed E-state index contributed by atoms with van der Waals surface area (Å²) in [5.41, 5.74) is 0. The summed E-state index contributed by atoms with van der Waals surface area (Å²) in [6.07, 6.45) is 17.9. The van der Waals surface area contributed by atoms with Crippen molar-refractivity contribution >= 4 is 85.0 Å². The normalized spacial score (nSPS) is 12.2. The predicted octanol–water partition coefficient (Wildman–Crippen LogP) is 4.03. The second-order valence-electron chi connectivity index (χ2n) is 20.4. The molecular weight excluding hydrogens is 1200 g/mol. The number of sulfonamides is 1. The van der Waals surface area contributed by atoms with Gasteiger partial charge in [0.1, 0.15) is 31.1 Å². The number of nitrogens with zero attached hydrogens (tertiary/aromatic N) is 3. The molecule has 0 bridgehead atoms. The second kappa shape index (κ2) is 52.7. The minimum atomic E-state index is -3.85. The Morgan fingerprint density at radius 3 is 1.67 bits per heavy atom. The molecule has 3 atom stereocenters. The largest absolute Gasteiger partial charge is 0.481 e. The Bertz CT molecular complexity index is 2160. The van der Waals surface area contributed by atoms with E-state index in [1.54, 1.807) is 0 Å². The number of carboxylic acid groups (broad SMARTS) is 3. The molecule has 0 saturated heterocycles. The predicted molar refractivity (Wildman–Crippen MR) is 315 cm³/mol. The van der Waals surface area contributed by atoms with Crippen LogP contribution in [0.5, 0.6) is 0 Å². The number of aliphatic carboxylic acids is 3. The van der Waals surface area contributed by atoms with Crippen molar-refractivity contribution in [2.45, 2.75) is 199 Å². The Morgan fingerprint density at radius 2 is 1.09 bits per heavy atom. The van der Waals surface area contributed by atoms with Gasteiger partial charge in [0.15, 0.2) is 11.6 Å². The van der Waals surface area contributed by atoms with Crippen molar-refractivity contribution < 1.29 is 90.6 Å². The summed E-state index contributed by atoms with van der Waals surface area (Å²) in [5.74, 6) is -7.43. The lowest BCUT2D eigenvalue weighted by Crippen LogP contribution is -2.42.